The van der Waals surface area contributed by atoms with Crippen molar-refractivity contribution in [3.05, 3.63) is 53.4 Å². The number of aromatic nitrogens is 4. The molecule has 0 saturated carbocycles. The summed E-state index contributed by atoms with van der Waals surface area (Å²) >= 11 is 3.51. The number of anilines is 6. The molecule has 5 rings (SSSR count). The van der Waals surface area contributed by atoms with Crippen molar-refractivity contribution >= 4 is 71.5 Å². The first-order valence-corrected chi connectivity index (χ1v) is 15.7. The van der Waals surface area contributed by atoms with E-state index in [4.69, 9.17) is 4.74 Å². The monoisotopic (exact) mass is 641 g/mol. The van der Waals surface area contributed by atoms with E-state index in [1.54, 1.807) is 24.5 Å². The lowest BCUT2D eigenvalue weighted by atomic mass is 10.2. The predicted molar refractivity (Wildman–Crippen MR) is 166 cm³/mol. The third-order valence-corrected chi connectivity index (χ3v) is 8.56. The number of hydrogen-bond donors (Lipinski definition) is 2. The van der Waals surface area contributed by atoms with Crippen LogP contribution in [0, 0.1) is 0 Å². The fourth-order valence-electron chi connectivity index (χ4n) is 4.52. The number of sulfonamides is 1. The average molecular weight is 643 g/mol. The van der Waals surface area contributed by atoms with E-state index in [0.717, 1.165) is 43.8 Å². The summed E-state index contributed by atoms with van der Waals surface area (Å²) in [7, 11) is 0.0174. The van der Waals surface area contributed by atoms with Gasteiger partial charge in [-0.05, 0) is 54.2 Å². The lowest BCUT2D eigenvalue weighted by Gasteiger charge is -2.34. The van der Waals surface area contributed by atoms with Crippen molar-refractivity contribution in [2.75, 3.05) is 73.0 Å². The molecule has 0 aliphatic carbocycles. The Kier molecular flexibility index (Phi) is 8.42. The van der Waals surface area contributed by atoms with E-state index in [1.807, 2.05) is 19.1 Å². The molecule has 2 aromatic heterocycles. The van der Waals surface area contributed by atoms with Gasteiger partial charge in [-0.15, -0.1) is 0 Å². The highest BCUT2D eigenvalue weighted by atomic mass is 79.9. The van der Waals surface area contributed by atoms with Gasteiger partial charge in [0.15, 0.2) is 0 Å². The van der Waals surface area contributed by atoms with Crippen molar-refractivity contribution < 1.29 is 13.2 Å². The van der Waals surface area contributed by atoms with Gasteiger partial charge in [-0.25, -0.2) is 13.4 Å². The van der Waals surface area contributed by atoms with Crippen molar-refractivity contribution in [3.8, 4) is 5.75 Å². The Hall–Kier alpha value is -3.75. The van der Waals surface area contributed by atoms with Crippen LogP contribution in [0.5, 0.6) is 5.75 Å². The van der Waals surface area contributed by atoms with Gasteiger partial charge in [0.05, 0.1) is 34.2 Å². The van der Waals surface area contributed by atoms with E-state index < -0.39 is 10.0 Å². The van der Waals surface area contributed by atoms with E-state index in [-0.39, 0.29) is 0 Å². The van der Waals surface area contributed by atoms with Crippen LogP contribution in [-0.4, -0.2) is 86.4 Å². The Morgan fingerprint density at radius 2 is 1.76 bits per heavy atom. The van der Waals surface area contributed by atoms with E-state index in [0.29, 0.717) is 51.0 Å². The summed E-state index contributed by atoms with van der Waals surface area (Å²) in [5.74, 6) is 1.47. The first kappa shape index (κ1) is 28.8. The first-order valence-electron chi connectivity index (χ1n) is 13.1. The van der Waals surface area contributed by atoms with Gasteiger partial charge < -0.3 is 25.2 Å². The van der Waals surface area contributed by atoms with Crippen molar-refractivity contribution in [1.29, 1.82) is 0 Å². The molecule has 0 unspecified atom stereocenters. The topological polar surface area (TPSA) is 129 Å². The summed E-state index contributed by atoms with van der Waals surface area (Å²) < 4.78 is 32.8. The van der Waals surface area contributed by atoms with Crippen LogP contribution < -0.4 is 24.6 Å². The maximum absolute atomic E-state index is 12.5. The van der Waals surface area contributed by atoms with E-state index >= 15 is 0 Å². The smallest absolute Gasteiger partial charge is 0.232 e. The highest BCUT2D eigenvalue weighted by Gasteiger charge is 2.22. The van der Waals surface area contributed by atoms with Gasteiger partial charge in [0.25, 0.3) is 0 Å². The lowest BCUT2D eigenvalue weighted by molar-refractivity contribution is 0.312. The zero-order valence-electron chi connectivity index (χ0n) is 23.3. The minimum atomic E-state index is -3.60. The molecule has 1 aliphatic heterocycles. The second kappa shape index (κ2) is 12.0. The SMILES string of the molecule is CCOc1cc(N2CCN(C)CC2)ccc1Nc1ncc(Br)c(Nc2ccc3nccnc3c2N(C)S(C)(=O)=O)n1. The standard InChI is InChI=1S/C27H32BrN9O3S/c1-5-40-23-16-18(37-14-12-35(2)13-15-37)6-7-20(23)33-27-31-17-19(28)26(34-27)32-22-9-8-21-24(30-11-10-29-21)25(22)36(3)41(4,38)39/h6-11,16-17H,5,12-15H2,1-4H3,(H2,31,32,33,34). The van der Waals surface area contributed by atoms with E-state index in [2.05, 4.69) is 69.4 Å². The molecule has 1 aliphatic rings. The summed E-state index contributed by atoms with van der Waals surface area (Å²) in [5.41, 5.74) is 3.69. The molecular weight excluding hydrogens is 610 g/mol. The molecular formula is C27H32BrN9O3S. The Morgan fingerprint density at radius 1 is 1.02 bits per heavy atom. The molecule has 216 valence electrons. The highest BCUT2D eigenvalue weighted by Crippen LogP contribution is 2.37. The second-order valence-corrected chi connectivity index (χ2v) is 12.5. The van der Waals surface area contributed by atoms with E-state index in [9.17, 15) is 8.42 Å². The fourth-order valence-corrected chi connectivity index (χ4v) is 5.33. The summed E-state index contributed by atoms with van der Waals surface area (Å²) in [6.07, 6.45) is 5.85. The van der Waals surface area contributed by atoms with Crippen LogP contribution in [0.4, 0.5) is 34.5 Å². The van der Waals surface area contributed by atoms with Crippen molar-refractivity contribution in [2.24, 2.45) is 0 Å². The number of likely N-dealkylation sites (N-methyl/N-ethyl adjacent to an activating group) is 1. The maximum Gasteiger partial charge on any atom is 0.232 e. The van der Waals surface area contributed by atoms with Crippen LogP contribution in [0.3, 0.4) is 0 Å². The number of ether oxygens (including phenoxy) is 1. The largest absolute Gasteiger partial charge is 0.492 e. The molecule has 0 bridgehead atoms. The van der Waals surface area contributed by atoms with Crippen LogP contribution in [0.15, 0.2) is 53.4 Å². The summed E-state index contributed by atoms with van der Waals surface area (Å²) in [6.45, 7) is 6.39. The molecule has 0 atom stereocenters. The van der Waals surface area contributed by atoms with Gasteiger partial charge in [-0.2, -0.15) is 4.98 Å². The van der Waals surface area contributed by atoms with Crippen LogP contribution in [-0.2, 0) is 10.0 Å². The molecule has 3 heterocycles. The maximum atomic E-state index is 12.5. The van der Waals surface area contributed by atoms with Crippen molar-refractivity contribution in [2.45, 2.75) is 6.92 Å². The average Bonchev–Trinajstić information content (AvgIpc) is 2.95. The van der Waals surface area contributed by atoms with Crippen LogP contribution in [0.25, 0.3) is 11.0 Å². The van der Waals surface area contributed by atoms with Gasteiger partial charge in [-0.1, -0.05) is 0 Å². The number of hydrogen-bond acceptors (Lipinski definition) is 11. The number of nitrogens with one attached hydrogen (secondary N) is 2. The summed E-state index contributed by atoms with van der Waals surface area (Å²) in [5, 5.41) is 6.53. The van der Waals surface area contributed by atoms with Crippen molar-refractivity contribution in [1.82, 2.24) is 24.8 Å². The fraction of sp³-hybridized carbons (Fsp3) is 0.333. The molecule has 0 radical (unpaired) electrons. The number of rotatable bonds is 9. The lowest BCUT2D eigenvalue weighted by Crippen LogP contribution is -2.44. The number of halogens is 1. The molecule has 41 heavy (non-hydrogen) atoms. The van der Waals surface area contributed by atoms with Gasteiger partial charge in [-0.3, -0.25) is 14.3 Å². The number of piperazine rings is 1. The Labute approximate surface area is 248 Å². The molecule has 1 saturated heterocycles. The van der Waals surface area contributed by atoms with Gasteiger partial charge in [0, 0.05) is 63.6 Å². The molecule has 4 aromatic rings. The molecule has 12 nitrogen and oxygen atoms in total. The minimum absolute atomic E-state index is 0.336. The van der Waals surface area contributed by atoms with Crippen LogP contribution in [0.2, 0.25) is 0 Å². The molecule has 0 amide bonds. The Bertz CT molecular complexity index is 1660. The first-order chi connectivity index (χ1) is 19.6. The van der Waals surface area contributed by atoms with Crippen molar-refractivity contribution in [3.63, 3.8) is 0 Å². The number of benzene rings is 2. The quantitative estimate of drug-likeness (QED) is 0.273. The molecule has 2 aromatic carbocycles. The third kappa shape index (κ3) is 6.44. The summed E-state index contributed by atoms with van der Waals surface area (Å²) in [6, 6.07) is 9.60. The zero-order chi connectivity index (χ0) is 29.1. The van der Waals surface area contributed by atoms with Gasteiger partial charge in [0.2, 0.25) is 16.0 Å². The molecule has 2 N–H and O–H groups in total. The van der Waals surface area contributed by atoms with Gasteiger partial charge in [0.1, 0.15) is 22.8 Å². The molecule has 0 spiro atoms. The normalized spacial score (nSPS) is 14.2. The predicted octanol–water partition coefficient (Wildman–Crippen LogP) is 4.22. The Balaban J connectivity index is 1.46. The zero-order valence-corrected chi connectivity index (χ0v) is 25.7. The number of nitrogens with zero attached hydrogens (tertiary/aromatic N) is 7. The Morgan fingerprint density at radius 3 is 2.49 bits per heavy atom. The third-order valence-electron chi connectivity index (χ3n) is 6.80. The molecule has 14 heteroatoms. The minimum Gasteiger partial charge on any atom is -0.492 e. The number of fused-ring (bicyclic) bond motifs is 1. The van der Waals surface area contributed by atoms with E-state index in [1.165, 1.54) is 17.5 Å². The van der Waals surface area contributed by atoms with Gasteiger partial charge >= 0.3 is 0 Å². The van der Waals surface area contributed by atoms with Crippen LogP contribution >= 0.6 is 15.9 Å². The summed E-state index contributed by atoms with van der Waals surface area (Å²) in [4.78, 5) is 22.5. The highest BCUT2D eigenvalue weighted by molar-refractivity contribution is 9.10. The van der Waals surface area contributed by atoms with Crippen LogP contribution in [0.1, 0.15) is 6.92 Å². The second-order valence-electron chi connectivity index (χ2n) is 9.66. The molecule has 1 fully saturated rings.